The van der Waals surface area contributed by atoms with Gasteiger partial charge in [-0.25, -0.2) is 4.39 Å². The third-order valence-electron chi connectivity index (χ3n) is 4.95. The van der Waals surface area contributed by atoms with Gasteiger partial charge in [-0.2, -0.15) is 5.21 Å². The minimum Gasteiger partial charge on any atom is -0.492 e. The normalized spacial score (nSPS) is 13.9. The number of anilines is 3. The smallest absolute Gasteiger partial charge is 0.278 e. The number of H-pyrrole nitrogens is 1. The molecule has 8 nitrogen and oxygen atoms in total. The average molecular weight is 410 g/mol. The summed E-state index contributed by atoms with van der Waals surface area (Å²) in [7, 11) is 0. The van der Waals surface area contributed by atoms with Crippen LogP contribution in [0.15, 0.2) is 48.5 Å². The van der Waals surface area contributed by atoms with Gasteiger partial charge in [0.15, 0.2) is 11.5 Å². The minimum absolute atomic E-state index is 0.140. The third kappa shape index (κ3) is 4.05. The lowest BCUT2D eigenvalue weighted by Crippen LogP contribution is -2.49. The molecule has 30 heavy (non-hydrogen) atoms. The molecule has 0 saturated carbocycles. The second-order valence-electron chi connectivity index (χ2n) is 6.81. The van der Waals surface area contributed by atoms with Gasteiger partial charge in [0.05, 0.1) is 18.0 Å². The van der Waals surface area contributed by atoms with E-state index in [9.17, 15) is 9.18 Å². The van der Waals surface area contributed by atoms with Crippen LogP contribution in [0.25, 0.3) is 0 Å². The van der Waals surface area contributed by atoms with Crippen molar-refractivity contribution in [2.24, 2.45) is 0 Å². The number of nitrogens with zero attached hydrogens (tertiary/aromatic N) is 4. The van der Waals surface area contributed by atoms with E-state index in [1.807, 2.05) is 31.2 Å². The summed E-state index contributed by atoms with van der Waals surface area (Å²) < 4.78 is 19.7. The van der Waals surface area contributed by atoms with Gasteiger partial charge in [-0.3, -0.25) is 4.79 Å². The third-order valence-corrected chi connectivity index (χ3v) is 4.95. The molecule has 0 bridgehead atoms. The Balaban J connectivity index is 1.43. The molecule has 1 saturated heterocycles. The van der Waals surface area contributed by atoms with Crippen LogP contribution in [0.1, 0.15) is 17.4 Å². The van der Waals surface area contributed by atoms with Gasteiger partial charge in [0, 0.05) is 26.2 Å². The Morgan fingerprint density at radius 1 is 1.10 bits per heavy atom. The molecule has 0 atom stereocenters. The van der Waals surface area contributed by atoms with Gasteiger partial charge in [0.2, 0.25) is 0 Å². The second-order valence-corrected chi connectivity index (χ2v) is 6.81. The fourth-order valence-electron chi connectivity index (χ4n) is 3.45. The highest BCUT2D eigenvalue weighted by molar-refractivity contribution is 5.97. The minimum atomic E-state index is -0.430. The molecule has 4 rings (SSSR count). The Hall–Kier alpha value is -3.62. The van der Waals surface area contributed by atoms with E-state index in [0.29, 0.717) is 32.8 Å². The van der Waals surface area contributed by atoms with Gasteiger partial charge in [-0.05, 0) is 31.2 Å². The molecule has 1 aliphatic heterocycles. The number of carbonyl (C=O) groups excluding carboxylic acids is 1. The number of amides is 1. The molecule has 0 radical (unpaired) electrons. The summed E-state index contributed by atoms with van der Waals surface area (Å²) >= 11 is 0. The number of piperazine rings is 1. The Bertz CT molecular complexity index is 1020. The van der Waals surface area contributed by atoms with Crippen molar-refractivity contribution in [2.45, 2.75) is 6.92 Å². The van der Waals surface area contributed by atoms with Crippen molar-refractivity contribution in [3.05, 3.63) is 60.0 Å². The summed E-state index contributed by atoms with van der Waals surface area (Å²) in [5.41, 5.74) is 1.40. The summed E-state index contributed by atoms with van der Waals surface area (Å²) in [4.78, 5) is 16.9. The van der Waals surface area contributed by atoms with E-state index >= 15 is 0 Å². The number of carbonyl (C=O) groups is 1. The highest BCUT2D eigenvalue weighted by Gasteiger charge is 2.27. The van der Waals surface area contributed by atoms with E-state index < -0.39 is 5.82 Å². The average Bonchev–Trinajstić information content (AvgIpc) is 3.24. The van der Waals surface area contributed by atoms with E-state index in [0.717, 1.165) is 11.4 Å². The van der Waals surface area contributed by atoms with Crippen LogP contribution >= 0.6 is 0 Å². The first-order chi connectivity index (χ1) is 14.7. The van der Waals surface area contributed by atoms with Crippen molar-refractivity contribution < 1.29 is 13.9 Å². The van der Waals surface area contributed by atoms with Crippen LogP contribution in [0.4, 0.5) is 21.6 Å². The number of nitrogens with one attached hydrogen (secondary N) is 2. The standard InChI is InChI=1S/C21H23FN6O2/c1-2-30-18-10-6-5-9-17(18)27-11-13-28(14-12-27)21(29)19-20(25-26-24-19)23-16-8-4-3-7-15(16)22/h3-10H,2,11-14H2,1H3,(H2,23,24,25,26). The van der Waals surface area contributed by atoms with Gasteiger partial charge in [0.1, 0.15) is 11.6 Å². The first kappa shape index (κ1) is 19.7. The SMILES string of the molecule is CCOc1ccccc1N1CCN(C(=O)c2n[nH]nc2Nc2ccccc2F)CC1. The summed E-state index contributed by atoms with van der Waals surface area (Å²) in [6.07, 6.45) is 0. The zero-order chi connectivity index (χ0) is 20.9. The highest BCUT2D eigenvalue weighted by Crippen LogP contribution is 2.29. The Morgan fingerprint density at radius 3 is 2.60 bits per heavy atom. The zero-order valence-electron chi connectivity index (χ0n) is 16.6. The molecule has 3 aromatic rings. The van der Waals surface area contributed by atoms with Crippen LogP contribution in [-0.4, -0.2) is 59.0 Å². The van der Waals surface area contributed by atoms with Crippen molar-refractivity contribution in [2.75, 3.05) is 43.0 Å². The monoisotopic (exact) mass is 410 g/mol. The molecule has 0 aliphatic carbocycles. The van der Waals surface area contributed by atoms with Gasteiger partial charge >= 0.3 is 0 Å². The number of halogens is 1. The first-order valence-electron chi connectivity index (χ1n) is 9.85. The molecular formula is C21H23FN6O2. The van der Waals surface area contributed by atoms with Crippen molar-refractivity contribution in [1.29, 1.82) is 0 Å². The predicted octanol–water partition coefficient (Wildman–Crippen LogP) is 3.05. The van der Waals surface area contributed by atoms with Crippen molar-refractivity contribution in [3.63, 3.8) is 0 Å². The summed E-state index contributed by atoms with van der Waals surface area (Å²) in [6.45, 7) is 4.96. The number of benzene rings is 2. The molecule has 1 aliphatic rings. The van der Waals surface area contributed by atoms with Crippen LogP contribution in [0.3, 0.4) is 0 Å². The Labute approximate surface area is 173 Å². The predicted molar refractivity (Wildman–Crippen MR) is 112 cm³/mol. The van der Waals surface area contributed by atoms with Gasteiger partial charge in [-0.1, -0.05) is 24.3 Å². The number of para-hydroxylation sites is 3. The fourth-order valence-corrected chi connectivity index (χ4v) is 3.45. The van der Waals surface area contributed by atoms with E-state index in [-0.39, 0.29) is 23.1 Å². The van der Waals surface area contributed by atoms with Gasteiger partial charge < -0.3 is 19.9 Å². The molecule has 1 amide bonds. The number of rotatable bonds is 6. The van der Waals surface area contributed by atoms with Crippen LogP contribution in [0.5, 0.6) is 5.75 Å². The van der Waals surface area contributed by atoms with E-state index in [1.165, 1.54) is 6.07 Å². The van der Waals surface area contributed by atoms with Gasteiger partial charge in [0.25, 0.3) is 5.91 Å². The molecule has 2 N–H and O–H groups in total. The lowest BCUT2D eigenvalue weighted by atomic mass is 10.2. The maximum atomic E-state index is 13.9. The summed E-state index contributed by atoms with van der Waals surface area (Å²) in [6, 6.07) is 14.1. The fraction of sp³-hybridized carbons (Fsp3) is 0.286. The lowest BCUT2D eigenvalue weighted by Gasteiger charge is -2.36. The summed E-state index contributed by atoms with van der Waals surface area (Å²) in [5.74, 6) is 0.364. The quantitative estimate of drug-likeness (QED) is 0.650. The van der Waals surface area contributed by atoms with Crippen molar-refractivity contribution in [3.8, 4) is 5.75 Å². The zero-order valence-corrected chi connectivity index (χ0v) is 16.6. The Morgan fingerprint density at radius 2 is 1.83 bits per heavy atom. The maximum Gasteiger partial charge on any atom is 0.278 e. The maximum absolute atomic E-state index is 13.9. The van der Waals surface area contributed by atoms with E-state index in [1.54, 1.807) is 23.1 Å². The topological polar surface area (TPSA) is 86.4 Å². The van der Waals surface area contributed by atoms with Crippen LogP contribution in [-0.2, 0) is 0 Å². The van der Waals surface area contributed by atoms with E-state index in [4.69, 9.17) is 4.74 Å². The molecule has 2 heterocycles. The number of hydrogen-bond acceptors (Lipinski definition) is 6. The molecule has 156 valence electrons. The number of ether oxygens (including phenoxy) is 1. The number of hydrogen-bond donors (Lipinski definition) is 2. The lowest BCUT2D eigenvalue weighted by molar-refractivity contribution is 0.0741. The van der Waals surface area contributed by atoms with E-state index in [2.05, 4.69) is 25.6 Å². The highest BCUT2D eigenvalue weighted by atomic mass is 19.1. The molecule has 1 aromatic heterocycles. The van der Waals surface area contributed by atoms with Gasteiger partial charge in [-0.15, -0.1) is 10.2 Å². The molecule has 9 heteroatoms. The van der Waals surface area contributed by atoms with Crippen LogP contribution in [0.2, 0.25) is 0 Å². The first-order valence-corrected chi connectivity index (χ1v) is 9.85. The Kier molecular flexibility index (Phi) is 5.78. The molecule has 2 aromatic carbocycles. The largest absolute Gasteiger partial charge is 0.492 e. The summed E-state index contributed by atoms with van der Waals surface area (Å²) in [5, 5.41) is 13.3. The number of aromatic amines is 1. The molecule has 0 unspecified atom stereocenters. The number of aromatic nitrogens is 3. The molecular weight excluding hydrogens is 387 g/mol. The van der Waals surface area contributed by atoms with Crippen LogP contribution in [0, 0.1) is 5.82 Å². The van der Waals surface area contributed by atoms with Crippen molar-refractivity contribution in [1.82, 2.24) is 20.3 Å². The molecule has 0 spiro atoms. The second kappa shape index (κ2) is 8.81. The van der Waals surface area contributed by atoms with Crippen LogP contribution < -0.4 is 15.0 Å². The molecule has 1 fully saturated rings. The van der Waals surface area contributed by atoms with Crippen molar-refractivity contribution >= 4 is 23.1 Å².